The van der Waals surface area contributed by atoms with Crippen molar-refractivity contribution in [2.75, 3.05) is 13.1 Å². The molecule has 1 aromatic heterocycles. The number of amides is 1. The maximum Gasteiger partial charge on any atom is 0.253 e. The number of nitrogens with zero attached hydrogens (tertiary/aromatic N) is 3. The van der Waals surface area contributed by atoms with Gasteiger partial charge in [0, 0.05) is 42.1 Å². The molecule has 1 saturated heterocycles. The van der Waals surface area contributed by atoms with Gasteiger partial charge >= 0.3 is 0 Å². The highest BCUT2D eigenvalue weighted by Crippen LogP contribution is 2.43. The standard InChI is InChI=1S/C23H21N3O/c27-22(19-5-7-20(8-6-19)26-16-13-24-17-26)25-14-11-23(12-15-25)10-9-18-3-1-2-4-21(18)23/h1-10,13,16-17H,11-12,14-15H2. The molecule has 3 aromatic rings. The van der Waals surface area contributed by atoms with Crippen LogP contribution >= 0.6 is 0 Å². The maximum atomic E-state index is 12.9. The summed E-state index contributed by atoms with van der Waals surface area (Å²) in [6.45, 7) is 1.58. The lowest BCUT2D eigenvalue weighted by Gasteiger charge is -2.39. The monoisotopic (exact) mass is 355 g/mol. The number of carbonyl (C=O) groups is 1. The first-order chi connectivity index (χ1) is 13.3. The zero-order chi connectivity index (χ0) is 18.3. The second-order valence-corrected chi connectivity index (χ2v) is 7.39. The van der Waals surface area contributed by atoms with Gasteiger partial charge in [0.15, 0.2) is 0 Å². The molecule has 2 heterocycles. The van der Waals surface area contributed by atoms with Crippen molar-refractivity contribution in [3.8, 4) is 5.69 Å². The molecule has 0 radical (unpaired) electrons. The number of hydrogen-bond donors (Lipinski definition) is 0. The van der Waals surface area contributed by atoms with Crippen molar-refractivity contribution in [1.82, 2.24) is 14.5 Å². The summed E-state index contributed by atoms with van der Waals surface area (Å²) in [4.78, 5) is 19.0. The van der Waals surface area contributed by atoms with E-state index in [2.05, 4.69) is 41.4 Å². The van der Waals surface area contributed by atoms with E-state index in [4.69, 9.17) is 0 Å². The zero-order valence-electron chi connectivity index (χ0n) is 15.1. The molecule has 4 heteroatoms. The number of carbonyl (C=O) groups excluding carboxylic acids is 1. The first-order valence-electron chi connectivity index (χ1n) is 9.42. The molecule has 1 aliphatic carbocycles. The lowest BCUT2D eigenvalue weighted by Crippen LogP contribution is -2.44. The van der Waals surface area contributed by atoms with E-state index in [9.17, 15) is 4.79 Å². The van der Waals surface area contributed by atoms with Crippen molar-refractivity contribution in [3.63, 3.8) is 0 Å². The number of piperidine rings is 1. The molecule has 2 aliphatic rings. The topological polar surface area (TPSA) is 38.1 Å². The quantitative estimate of drug-likeness (QED) is 0.695. The molecular formula is C23H21N3O. The number of hydrogen-bond acceptors (Lipinski definition) is 2. The minimum absolute atomic E-state index is 0.110. The normalized spacial score (nSPS) is 17.3. The van der Waals surface area contributed by atoms with Gasteiger partial charge in [0.1, 0.15) is 0 Å². The average Bonchev–Trinajstić information content (AvgIpc) is 3.38. The predicted octanol–water partition coefficient (Wildman–Crippen LogP) is 4.07. The highest BCUT2D eigenvalue weighted by Gasteiger charge is 2.38. The molecule has 0 saturated carbocycles. The maximum absolute atomic E-state index is 12.9. The Labute approximate surface area is 158 Å². The van der Waals surface area contributed by atoms with Gasteiger partial charge in [-0.05, 0) is 48.2 Å². The van der Waals surface area contributed by atoms with Crippen LogP contribution in [0.4, 0.5) is 0 Å². The Morgan fingerprint density at radius 1 is 1.00 bits per heavy atom. The van der Waals surface area contributed by atoms with E-state index in [0.29, 0.717) is 0 Å². The van der Waals surface area contributed by atoms with E-state index in [1.807, 2.05) is 39.9 Å². The summed E-state index contributed by atoms with van der Waals surface area (Å²) >= 11 is 0. The molecule has 134 valence electrons. The second kappa shape index (κ2) is 6.23. The lowest BCUT2D eigenvalue weighted by molar-refractivity contribution is 0.0690. The smallest absolute Gasteiger partial charge is 0.253 e. The minimum atomic E-state index is 0.110. The third-order valence-electron chi connectivity index (χ3n) is 5.94. The number of rotatable bonds is 2. The molecule has 0 atom stereocenters. The first-order valence-corrected chi connectivity index (χ1v) is 9.42. The molecular weight excluding hydrogens is 334 g/mol. The third kappa shape index (κ3) is 2.69. The van der Waals surface area contributed by atoms with Crippen LogP contribution in [0.1, 0.15) is 34.3 Å². The fourth-order valence-electron chi connectivity index (χ4n) is 4.35. The highest BCUT2D eigenvalue weighted by atomic mass is 16.2. The van der Waals surface area contributed by atoms with E-state index < -0.39 is 0 Å². The van der Waals surface area contributed by atoms with E-state index >= 15 is 0 Å². The summed E-state index contributed by atoms with van der Waals surface area (Å²) in [6, 6.07) is 16.4. The van der Waals surface area contributed by atoms with Gasteiger partial charge in [0.05, 0.1) is 6.33 Å². The molecule has 1 aliphatic heterocycles. The molecule has 0 unspecified atom stereocenters. The van der Waals surface area contributed by atoms with Crippen LogP contribution in [-0.2, 0) is 5.41 Å². The summed E-state index contributed by atoms with van der Waals surface area (Å²) in [7, 11) is 0. The Balaban J connectivity index is 1.30. The second-order valence-electron chi connectivity index (χ2n) is 7.39. The van der Waals surface area contributed by atoms with Gasteiger partial charge in [-0.15, -0.1) is 0 Å². The van der Waals surface area contributed by atoms with Gasteiger partial charge in [-0.25, -0.2) is 4.98 Å². The van der Waals surface area contributed by atoms with E-state index in [1.165, 1.54) is 11.1 Å². The third-order valence-corrected chi connectivity index (χ3v) is 5.94. The summed E-state index contributed by atoms with van der Waals surface area (Å²) in [5.41, 5.74) is 4.61. The summed E-state index contributed by atoms with van der Waals surface area (Å²) in [5.74, 6) is 0.122. The predicted molar refractivity (Wildman–Crippen MR) is 106 cm³/mol. The molecule has 2 aromatic carbocycles. The minimum Gasteiger partial charge on any atom is -0.339 e. The fraction of sp³-hybridized carbons (Fsp3) is 0.217. The molecule has 1 spiro atoms. The fourth-order valence-corrected chi connectivity index (χ4v) is 4.35. The highest BCUT2D eigenvalue weighted by molar-refractivity contribution is 5.94. The van der Waals surface area contributed by atoms with Gasteiger partial charge in [0.25, 0.3) is 5.91 Å². The van der Waals surface area contributed by atoms with Crippen molar-refractivity contribution in [3.05, 3.63) is 90.0 Å². The Morgan fingerprint density at radius 2 is 1.78 bits per heavy atom. The Hall–Kier alpha value is -3.14. The SMILES string of the molecule is O=C(c1ccc(-n2ccnc2)cc1)N1CCC2(C=Cc3ccccc32)CC1. The first kappa shape index (κ1) is 16.1. The molecule has 27 heavy (non-hydrogen) atoms. The van der Waals surface area contributed by atoms with Gasteiger partial charge < -0.3 is 9.47 Å². The number of aromatic nitrogens is 2. The van der Waals surface area contributed by atoms with Crippen molar-refractivity contribution in [2.45, 2.75) is 18.3 Å². The Bertz CT molecular complexity index is 994. The van der Waals surface area contributed by atoms with Gasteiger partial charge in [0.2, 0.25) is 0 Å². The van der Waals surface area contributed by atoms with Crippen molar-refractivity contribution in [1.29, 1.82) is 0 Å². The van der Waals surface area contributed by atoms with E-state index in [0.717, 1.165) is 37.2 Å². The van der Waals surface area contributed by atoms with Crippen LogP contribution in [0, 0.1) is 0 Å². The number of likely N-dealkylation sites (tertiary alicyclic amines) is 1. The lowest BCUT2D eigenvalue weighted by atomic mass is 9.74. The van der Waals surface area contributed by atoms with Crippen molar-refractivity contribution < 1.29 is 4.79 Å². The summed E-state index contributed by atoms with van der Waals surface area (Å²) < 4.78 is 1.93. The van der Waals surface area contributed by atoms with Crippen LogP contribution in [0.2, 0.25) is 0 Å². The van der Waals surface area contributed by atoms with Crippen LogP contribution < -0.4 is 0 Å². The van der Waals surface area contributed by atoms with Crippen LogP contribution in [0.3, 0.4) is 0 Å². The number of benzene rings is 2. The molecule has 4 nitrogen and oxygen atoms in total. The van der Waals surface area contributed by atoms with Crippen LogP contribution in [-0.4, -0.2) is 33.4 Å². The summed E-state index contributed by atoms with van der Waals surface area (Å²) in [6.07, 6.45) is 12.0. The number of allylic oxidation sites excluding steroid dienone is 1. The summed E-state index contributed by atoms with van der Waals surface area (Å²) in [5, 5.41) is 0. The van der Waals surface area contributed by atoms with E-state index in [-0.39, 0.29) is 11.3 Å². The molecule has 1 fully saturated rings. The Morgan fingerprint density at radius 3 is 2.52 bits per heavy atom. The van der Waals surface area contributed by atoms with E-state index in [1.54, 1.807) is 12.5 Å². The molecule has 1 amide bonds. The van der Waals surface area contributed by atoms with Gasteiger partial charge in [-0.1, -0.05) is 36.4 Å². The Kier molecular flexibility index (Phi) is 3.71. The van der Waals surface area contributed by atoms with Crippen LogP contribution in [0.5, 0.6) is 0 Å². The van der Waals surface area contributed by atoms with Crippen molar-refractivity contribution >= 4 is 12.0 Å². The van der Waals surface area contributed by atoms with Crippen LogP contribution in [0.15, 0.2) is 73.3 Å². The molecule has 0 bridgehead atoms. The van der Waals surface area contributed by atoms with Gasteiger partial charge in [-0.3, -0.25) is 4.79 Å². The average molecular weight is 355 g/mol. The number of imidazole rings is 1. The largest absolute Gasteiger partial charge is 0.339 e. The van der Waals surface area contributed by atoms with Crippen LogP contribution in [0.25, 0.3) is 11.8 Å². The van der Waals surface area contributed by atoms with Gasteiger partial charge in [-0.2, -0.15) is 0 Å². The molecule has 0 N–H and O–H groups in total. The van der Waals surface area contributed by atoms with Crippen molar-refractivity contribution in [2.24, 2.45) is 0 Å². The molecule has 5 rings (SSSR count). The number of fused-ring (bicyclic) bond motifs is 2. The zero-order valence-corrected chi connectivity index (χ0v) is 15.1.